The van der Waals surface area contributed by atoms with Gasteiger partial charge in [-0.2, -0.15) is 0 Å². The van der Waals surface area contributed by atoms with E-state index in [4.69, 9.17) is 5.73 Å². The molecule has 0 aliphatic carbocycles. The summed E-state index contributed by atoms with van der Waals surface area (Å²) in [6.07, 6.45) is 0.709. The Balaban J connectivity index is 2.61. The molecule has 0 aliphatic heterocycles. The first-order valence-corrected chi connectivity index (χ1v) is 4.90. The summed E-state index contributed by atoms with van der Waals surface area (Å²) < 4.78 is 12.8. The van der Waals surface area contributed by atoms with Gasteiger partial charge in [0.25, 0.3) is 5.91 Å². The van der Waals surface area contributed by atoms with Crippen molar-refractivity contribution in [2.24, 2.45) is 5.73 Å². The lowest BCUT2D eigenvalue weighted by Crippen LogP contribution is -2.34. The molecule has 15 heavy (non-hydrogen) atoms. The van der Waals surface area contributed by atoms with Crippen LogP contribution < -0.4 is 11.1 Å². The summed E-state index contributed by atoms with van der Waals surface area (Å²) in [6, 6.07) is 5.61. The number of amides is 1. The van der Waals surface area contributed by atoms with Crippen molar-refractivity contribution in [3.8, 4) is 0 Å². The third kappa shape index (κ3) is 3.67. The first kappa shape index (κ1) is 11.7. The van der Waals surface area contributed by atoms with Crippen molar-refractivity contribution in [3.63, 3.8) is 0 Å². The zero-order valence-corrected chi connectivity index (χ0v) is 8.66. The van der Waals surface area contributed by atoms with Gasteiger partial charge in [0.05, 0.1) is 0 Å². The fourth-order valence-corrected chi connectivity index (χ4v) is 1.26. The van der Waals surface area contributed by atoms with E-state index in [1.807, 2.05) is 6.92 Å². The maximum absolute atomic E-state index is 12.8. The SMILES string of the molecule is CC(CCN)NC(=O)c1cccc(F)c1. The first-order chi connectivity index (χ1) is 7.13. The van der Waals surface area contributed by atoms with Crippen molar-refractivity contribution in [3.05, 3.63) is 35.6 Å². The van der Waals surface area contributed by atoms with E-state index < -0.39 is 5.82 Å². The molecular weight excluding hydrogens is 195 g/mol. The Hall–Kier alpha value is -1.42. The molecule has 1 amide bonds. The molecule has 0 radical (unpaired) electrons. The Morgan fingerprint density at radius 1 is 1.60 bits per heavy atom. The van der Waals surface area contributed by atoms with Crippen LogP contribution >= 0.6 is 0 Å². The Labute approximate surface area is 88.5 Å². The lowest BCUT2D eigenvalue weighted by molar-refractivity contribution is 0.0938. The summed E-state index contributed by atoms with van der Waals surface area (Å²) >= 11 is 0. The van der Waals surface area contributed by atoms with Gasteiger partial charge >= 0.3 is 0 Å². The highest BCUT2D eigenvalue weighted by molar-refractivity contribution is 5.94. The van der Waals surface area contributed by atoms with Crippen molar-refractivity contribution in [2.75, 3.05) is 6.54 Å². The van der Waals surface area contributed by atoms with Crippen LogP contribution in [0.1, 0.15) is 23.7 Å². The van der Waals surface area contributed by atoms with Crippen LogP contribution in [0.5, 0.6) is 0 Å². The molecule has 1 rings (SSSR count). The monoisotopic (exact) mass is 210 g/mol. The molecule has 1 aromatic carbocycles. The molecule has 0 saturated heterocycles. The van der Waals surface area contributed by atoms with E-state index in [0.29, 0.717) is 18.5 Å². The van der Waals surface area contributed by atoms with Crippen molar-refractivity contribution in [1.82, 2.24) is 5.32 Å². The lowest BCUT2D eigenvalue weighted by atomic mass is 10.1. The van der Waals surface area contributed by atoms with E-state index in [1.165, 1.54) is 18.2 Å². The molecule has 0 fully saturated rings. The van der Waals surface area contributed by atoms with Gasteiger partial charge in [-0.15, -0.1) is 0 Å². The molecule has 4 heteroatoms. The summed E-state index contributed by atoms with van der Waals surface area (Å²) in [5.41, 5.74) is 5.69. The maximum Gasteiger partial charge on any atom is 0.251 e. The number of benzene rings is 1. The normalized spacial score (nSPS) is 12.2. The molecule has 3 N–H and O–H groups in total. The third-order valence-electron chi connectivity index (χ3n) is 2.06. The summed E-state index contributed by atoms with van der Waals surface area (Å²) in [7, 11) is 0. The number of carbonyl (C=O) groups is 1. The standard InChI is InChI=1S/C11H15FN2O/c1-8(5-6-13)14-11(15)9-3-2-4-10(12)7-9/h2-4,7-8H,5-6,13H2,1H3,(H,14,15). The number of nitrogens with two attached hydrogens (primary N) is 1. The average Bonchev–Trinajstić information content (AvgIpc) is 2.18. The van der Waals surface area contributed by atoms with Gasteiger partial charge in [-0.3, -0.25) is 4.79 Å². The topological polar surface area (TPSA) is 55.1 Å². The van der Waals surface area contributed by atoms with Gasteiger partial charge < -0.3 is 11.1 Å². The second kappa shape index (κ2) is 5.46. The minimum Gasteiger partial charge on any atom is -0.350 e. The largest absolute Gasteiger partial charge is 0.350 e. The van der Waals surface area contributed by atoms with E-state index >= 15 is 0 Å². The van der Waals surface area contributed by atoms with Crippen LogP contribution in [0, 0.1) is 5.82 Å². The number of nitrogens with one attached hydrogen (secondary N) is 1. The van der Waals surface area contributed by atoms with Crippen LogP contribution in [-0.4, -0.2) is 18.5 Å². The van der Waals surface area contributed by atoms with Crippen LogP contribution in [0.25, 0.3) is 0 Å². The quantitative estimate of drug-likeness (QED) is 0.786. The predicted octanol–water partition coefficient (Wildman–Crippen LogP) is 1.29. The Morgan fingerprint density at radius 2 is 2.33 bits per heavy atom. The van der Waals surface area contributed by atoms with E-state index in [1.54, 1.807) is 6.07 Å². The molecule has 0 heterocycles. The van der Waals surface area contributed by atoms with E-state index in [2.05, 4.69) is 5.32 Å². The van der Waals surface area contributed by atoms with Crippen LogP contribution in [0.2, 0.25) is 0 Å². The molecule has 0 aromatic heterocycles. The van der Waals surface area contributed by atoms with Crippen LogP contribution in [0.15, 0.2) is 24.3 Å². The molecular formula is C11H15FN2O. The van der Waals surface area contributed by atoms with Crippen LogP contribution in [0.3, 0.4) is 0 Å². The molecule has 0 bridgehead atoms. The highest BCUT2D eigenvalue weighted by Crippen LogP contribution is 2.03. The maximum atomic E-state index is 12.8. The molecule has 1 unspecified atom stereocenters. The van der Waals surface area contributed by atoms with Gasteiger partial charge in [0.15, 0.2) is 0 Å². The minimum absolute atomic E-state index is 0.00534. The second-order valence-corrected chi connectivity index (χ2v) is 3.46. The second-order valence-electron chi connectivity index (χ2n) is 3.46. The number of halogens is 1. The van der Waals surface area contributed by atoms with Gasteiger partial charge in [0, 0.05) is 11.6 Å². The number of hydrogen-bond acceptors (Lipinski definition) is 2. The fourth-order valence-electron chi connectivity index (χ4n) is 1.26. The number of carbonyl (C=O) groups excluding carboxylic acids is 1. The van der Waals surface area contributed by atoms with Gasteiger partial charge in [-0.25, -0.2) is 4.39 Å². The zero-order valence-electron chi connectivity index (χ0n) is 8.66. The smallest absolute Gasteiger partial charge is 0.251 e. The van der Waals surface area contributed by atoms with Crippen LogP contribution in [-0.2, 0) is 0 Å². The summed E-state index contributed by atoms with van der Waals surface area (Å²) in [6.45, 7) is 2.38. The van der Waals surface area contributed by atoms with Gasteiger partial charge in [0.1, 0.15) is 5.82 Å². The van der Waals surface area contributed by atoms with Crippen molar-refractivity contribution < 1.29 is 9.18 Å². The van der Waals surface area contributed by atoms with Crippen molar-refractivity contribution in [1.29, 1.82) is 0 Å². The Bertz CT molecular complexity index is 341. The highest BCUT2D eigenvalue weighted by Gasteiger charge is 2.09. The molecule has 3 nitrogen and oxygen atoms in total. The molecule has 0 spiro atoms. The summed E-state index contributed by atoms with van der Waals surface area (Å²) in [5.74, 6) is -0.676. The summed E-state index contributed by atoms with van der Waals surface area (Å²) in [5, 5.41) is 2.74. The molecule has 0 aliphatic rings. The van der Waals surface area contributed by atoms with E-state index in [9.17, 15) is 9.18 Å². The molecule has 0 saturated carbocycles. The third-order valence-corrected chi connectivity index (χ3v) is 2.06. The summed E-state index contributed by atoms with van der Waals surface area (Å²) in [4.78, 5) is 11.6. The molecule has 82 valence electrons. The number of hydrogen-bond donors (Lipinski definition) is 2. The van der Waals surface area contributed by atoms with E-state index in [-0.39, 0.29) is 11.9 Å². The fraction of sp³-hybridized carbons (Fsp3) is 0.364. The zero-order chi connectivity index (χ0) is 11.3. The first-order valence-electron chi connectivity index (χ1n) is 4.90. The molecule has 1 aromatic rings. The lowest BCUT2D eigenvalue weighted by Gasteiger charge is -2.12. The molecule has 1 atom stereocenters. The van der Waals surface area contributed by atoms with Gasteiger partial charge in [-0.1, -0.05) is 6.07 Å². The van der Waals surface area contributed by atoms with Gasteiger partial charge in [-0.05, 0) is 38.1 Å². The Morgan fingerprint density at radius 3 is 2.93 bits per heavy atom. The van der Waals surface area contributed by atoms with Crippen LogP contribution in [0.4, 0.5) is 4.39 Å². The van der Waals surface area contributed by atoms with E-state index in [0.717, 1.165) is 0 Å². The number of rotatable bonds is 4. The van der Waals surface area contributed by atoms with Crippen molar-refractivity contribution >= 4 is 5.91 Å². The highest BCUT2D eigenvalue weighted by atomic mass is 19.1. The average molecular weight is 210 g/mol. The Kier molecular flexibility index (Phi) is 4.24. The van der Waals surface area contributed by atoms with Gasteiger partial charge in [0.2, 0.25) is 0 Å². The van der Waals surface area contributed by atoms with Crippen molar-refractivity contribution in [2.45, 2.75) is 19.4 Å². The minimum atomic E-state index is -0.408. The predicted molar refractivity (Wildman–Crippen MR) is 57.0 cm³/mol.